The maximum Gasteiger partial charge on any atom is 0.255 e. The number of aromatic hydroxyl groups is 1. The van der Waals surface area contributed by atoms with E-state index in [1.54, 1.807) is 27.2 Å². The van der Waals surface area contributed by atoms with Gasteiger partial charge in [0, 0.05) is 24.2 Å². The number of hydrogen-bond acceptors (Lipinski definition) is 9. The Balaban J connectivity index is 1.99. The zero-order valence-electron chi connectivity index (χ0n) is 17.8. The van der Waals surface area contributed by atoms with Gasteiger partial charge in [-0.05, 0) is 50.6 Å². The van der Waals surface area contributed by atoms with Crippen LogP contribution in [0.2, 0.25) is 0 Å². The van der Waals surface area contributed by atoms with Gasteiger partial charge >= 0.3 is 0 Å². The van der Waals surface area contributed by atoms with Crippen molar-refractivity contribution in [2.45, 2.75) is 24.5 Å². The Bertz CT molecular complexity index is 1140. The molecule has 170 valence electrons. The summed E-state index contributed by atoms with van der Waals surface area (Å²) in [7, 11) is 4.80. The summed E-state index contributed by atoms with van der Waals surface area (Å²) in [5.41, 5.74) is 2.98. The van der Waals surface area contributed by atoms with E-state index < -0.39 is 58.0 Å². The number of benzene rings is 1. The van der Waals surface area contributed by atoms with Crippen LogP contribution in [0, 0.1) is 11.8 Å². The molecule has 4 rings (SSSR count). The van der Waals surface area contributed by atoms with E-state index in [4.69, 9.17) is 5.73 Å². The zero-order chi connectivity index (χ0) is 23.7. The number of nitrogens with two attached hydrogens (primary N) is 1. The molecule has 0 radical (unpaired) electrons. The highest BCUT2D eigenvalue weighted by Crippen LogP contribution is 2.53. The van der Waals surface area contributed by atoms with Crippen LogP contribution in [0.3, 0.4) is 0 Å². The molecule has 4 atom stereocenters. The van der Waals surface area contributed by atoms with Crippen molar-refractivity contribution in [3.63, 3.8) is 0 Å². The monoisotopic (exact) mass is 443 g/mol. The Morgan fingerprint density at radius 3 is 2.44 bits per heavy atom. The van der Waals surface area contributed by atoms with E-state index in [0.717, 1.165) is 0 Å². The zero-order valence-corrected chi connectivity index (χ0v) is 17.8. The molecule has 7 N–H and O–H groups in total. The highest BCUT2D eigenvalue weighted by molar-refractivity contribution is 6.24. The van der Waals surface area contributed by atoms with Crippen LogP contribution in [-0.4, -0.2) is 75.6 Å². The molecule has 1 fully saturated rings. The third-order valence-electron chi connectivity index (χ3n) is 6.87. The fourth-order valence-electron chi connectivity index (χ4n) is 5.48. The van der Waals surface area contributed by atoms with Gasteiger partial charge in [-0.25, -0.2) is 0 Å². The molecule has 0 heterocycles. The number of aliphatic hydroxyl groups excluding tert-OH is 2. The standard InChI is InChI=1S/C22H25N3O7/c1-24-11-4-5-12(26)14-9(11)6-8-7-10-16(25(2)3)18(28)15(21(23)31)20(30)22(10,32)19(29)13(8)17(14)27/h4-5,8,10,16,24,26-27,30,32H,6-7H2,1-3H3,(H2,23,31)/t8-,10-,16+,22+/m1/s1. The summed E-state index contributed by atoms with van der Waals surface area (Å²) in [6.07, 6.45) is 0.309. The van der Waals surface area contributed by atoms with Gasteiger partial charge in [0.15, 0.2) is 11.4 Å². The molecule has 0 spiro atoms. The van der Waals surface area contributed by atoms with E-state index >= 15 is 0 Å². The van der Waals surface area contributed by atoms with Crippen molar-refractivity contribution >= 4 is 28.9 Å². The first-order chi connectivity index (χ1) is 15.0. The van der Waals surface area contributed by atoms with Gasteiger partial charge in [-0.1, -0.05) is 0 Å². The molecule has 10 nitrogen and oxygen atoms in total. The molecule has 1 aromatic rings. The maximum atomic E-state index is 13.6. The predicted octanol–water partition coefficient (Wildman–Crippen LogP) is 0.00570. The smallest absolute Gasteiger partial charge is 0.255 e. The molecule has 1 saturated carbocycles. The Morgan fingerprint density at radius 1 is 1.22 bits per heavy atom. The van der Waals surface area contributed by atoms with Crippen molar-refractivity contribution < 1.29 is 34.8 Å². The van der Waals surface area contributed by atoms with E-state index in [0.29, 0.717) is 11.3 Å². The van der Waals surface area contributed by atoms with E-state index in [1.165, 1.54) is 11.0 Å². The maximum absolute atomic E-state index is 13.6. The number of hydrogen-bond donors (Lipinski definition) is 6. The minimum Gasteiger partial charge on any atom is -0.508 e. The number of carbonyl (C=O) groups excluding carboxylic acids is 3. The fourth-order valence-corrected chi connectivity index (χ4v) is 5.48. The second-order valence-corrected chi connectivity index (χ2v) is 8.70. The highest BCUT2D eigenvalue weighted by Gasteiger charge is 2.64. The molecule has 3 aliphatic rings. The molecular weight excluding hydrogens is 418 g/mol. The number of fused-ring (bicyclic) bond motifs is 3. The lowest BCUT2D eigenvalue weighted by Crippen LogP contribution is -2.65. The van der Waals surface area contributed by atoms with E-state index in [9.17, 15) is 34.8 Å². The molecule has 10 heteroatoms. The number of anilines is 1. The van der Waals surface area contributed by atoms with Crippen molar-refractivity contribution in [2.24, 2.45) is 17.6 Å². The normalized spacial score (nSPS) is 29.6. The van der Waals surface area contributed by atoms with Gasteiger partial charge in [-0.15, -0.1) is 0 Å². The number of nitrogens with one attached hydrogen (secondary N) is 1. The topological polar surface area (TPSA) is 173 Å². The number of phenols is 1. The molecule has 0 unspecified atom stereocenters. The molecule has 1 aromatic carbocycles. The summed E-state index contributed by atoms with van der Waals surface area (Å²) >= 11 is 0. The van der Waals surface area contributed by atoms with Gasteiger partial charge in [-0.3, -0.25) is 19.3 Å². The van der Waals surface area contributed by atoms with Gasteiger partial charge in [0.2, 0.25) is 5.78 Å². The first-order valence-electron chi connectivity index (χ1n) is 10.1. The number of ketones is 2. The van der Waals surface area contributed by atoms with Gasteiger partial charge in [-0.2, -0.15) is 0 Å². The van der Waals surface area contributed by atoms with Crippen molar-refractivity contribution in [1.82, 2.24) is 4.90 Å². The van der Waals surface area contributed by atoms with Crippen LogP contribution >= 0.6 is 0 Å². The van der Waals surface area contributed by atoms with Gasteiger partial charge in [0.25, 0.3) is 5.91 Å². The molecule has 1 amide bonds. The first kappa shape index (κ1) is 21.8. The Labute approximate surface area is 183 Å². The van der Waals surface area contributed by atoms with Gasteiger partial charge < -0.3 is 31.5 Å². The quantitative estimate of drug-likeness (QED) is 0.278. The number of amides is 1. The average Bonchev–Trinajstić information content (AvgIpc) is 2.70. The largest absolute Gasteiger partial charge is 0.508 e. The number of nitrogens with zero attached hydrogens (tertiary/aromatic N) is 1. The molecule has 32 heavy (non-hydrogen) atoms. The summed E-state index contributed by atoms with van der Waals surface area (Å²) in [6.45, 7) is 0. The molecule has 3 aliphatic carbocycles. The number of rotatable bonds is 3. The van der Waals surface area contributed by atoms with Gasteiger partial charge in [0.05, 0.1) is 11.6 Å². The molecule has 0 bridgehead atoms. The van der Waals surface area contributed by atoms with E-state index in [-0.39, 0.29) is 29.7 Å². The fraction of sp³-hybridized carbons (Fsp3) is 0.409. The summed E-state index contributed by atoms with van der Waals surface area (Å²) in [5.74, 6) is -6.58. The van der Waals surface area contributed by atoms with Crippen molar-refractivity contribution in [3.05, 3.63) is 40.2 Å². The Hall–Kier alpha value is -3.37. The van der Waals surface area contributed by atoms with Crippen molar-refractivity contribution in [2.75, 3.05) is 26.5 Å². The van der Waals surface area contributed by atoms with E-state index in [2.05, 4.69) is 5.32 Å². The SMILES string of the molecule is CNc1ccc(O)c2c1C[C@@H]1C[C@@H]3[C@H](N(C)C)C(=O)C(C(N)=O)=C(O)[C@@]3(O)C(=O)C1=C2O. The molecule has 0 aromatic heterocycles. The van der Waals surface area contributed by atoms with Crippen LogP contribution in [0.4, 0.5) is 5.69 Å². The van der Waals surface area contributed by atoms with E-state index in [1.807, 2.05) is 0 Å². The summed E-state index contributed by atoms with van der Waals surface area (Å²) in [5, 5.41) is 46.6. The third-order valence-corrected chi connectivity index (χ3v) is 6.87. The molecule has 0 saturated heterocycles. The number of carbonyl (C=O) groups is 3. The van der Waals surface area contributed by atoms with Crippen molar-refractivity contribution in [3.8, 4) is 5.75 Å². The first-order valence-corrected chi connectivity index (χ1v) is 10.1. The van der Waals surface area contributed by atoms with Crippen molar-refractivity contribution in [1.29, 1.82) is 0 Å². The Kier molecular flexibility index (Phi) is 4.83. The second kappa shape index (κ2) is 7.07. The summed E-state index contributed by atoms with van der Waals surface area (Å²) < 4.78 is 0. The van der Waals surface area contributed by atoms with Crippen LogP contribution in [0.25, 0.3) is 5.76 Å². The van der Waals surface area contributed by atoms with Gasteiger partial charge in [0.1, 0.15) is 22.8 Å². The molecule has 0 aliphatic heterocycles. The average molecular weight is 443 g/mol. The molecular formula is C22H25N3O7. The second-order valence-electron chi connectivity index (χ2n) is 8.70. The number of Topliss-reactive ketones (excluding diaryl/α,β-unsaturated/α-hetero) is 2. The number of primary amides is 1. The highest BCUT2D eigenvalue weighted by atomic mass is 16.3. The minimum absolute atomic E-state index is 0.0601. The number of aliphatic hydroxyl groups is 3. The van der Waals surface area contributed by atoms with Crippen LogP contribution in [0.1, 0.15) is 17.5 Å². The lowest BCUT2D eigenvalue weighted by atomic mass is 9.57. The lowest BCUT2D eigenvalue weighted by molar-refractivity contribution is -0.153. The number of likely N-dealkylation sites (N-methyl/N-ethyl adjacent to an activating group) is 1. The summed E-state index contributed by atoms with van der Waals surface area (Å²) in [4.78, 5) is 40.0. The third kappa shape index (κ3) is 2.63. The minimum atomic E-state index is -2.62. The predicted molar refractivity (Wildman–Crippen MR) is 114 cm³/mol. The van der Waals surface area contributed by atoms with Crippen LogP contribution < -0.4 is 11.1 Å². The lowest BCUT2D eigenvalue weighted by Gasteiger charge is -2.50. The number of phenolic OH excluding ortho intramolecular Hbond substituents is 1. The van der Waals surface area contributed by atoms with Crippen LogP contribution in [-0.2, 0) is 20.8 Å². The summed E-state index contributed by atoms with van der Waals surface area (Å²) in [6, 6.07) is 1.92. The van der Waals surface area contributed by atoms with Crippen LogP contribution in [0.15, 0.2) is 29.0 Å². The Morgan fingerprint density at radius 2 is 1.88 bits per heavy atom. The van der Waals surface area contributed by atoms with Crippen LogP contribution in [0.5, 0.6) is 5.75 Å².